The molecule has 0 spiro atoms. The number of thiazole rings is 1. The van der Waals surface area contributed by atoms with Gasteiger partial charge in [-0.1, -0.05) is 16.4 Å². The van der Waals surface area contributed by atoms with Crippen molar-refractivity contribution in [1.82, 2.24) is 15.2 Å². The number of fused-ring (bicyclic) bond motifs is 1. The van der Waals surface area contributed by atoms with Gasteiger partial charge in [0.25, 0.3) is 11.8 Å². The minimum atomic E-state index is -1.49. The molecule has 202 valence electrons. The van der Waals surface area contributed by atoms with E-state index in [2.05, 4.69) is 20.6 Å². The Kier molecular flexibility index (Phi) is 7.34. The van der Waals surface area contributed by atoms with Gasteiger partial charge in [0.2, 0.25) is 0 Å². The summed E-state index contributed by atoms with van der Waals surface area (Å²) in [6, 6.07) is 2.90. The molecule has 3 aliphatic heterocycles. The molecule has 2 aromatic rings. The molecule has 3 atom stereocenters. The summed E-state index contributed by atoms with van der Waals surface area (Å²) >= 11 is 2.44. The maximum absolute atomic E-state index is 13.0. The van der Waals surface area contributed by atoms with Crippen molar-refractivity contribution < 1.29 is 33.7 Å². The van der Waals surface area contributed by atoms with Crippen LogP contribution in [0.25, 0.3) is 0 Å². The lowest BCUT2D eigenvalue weighted by Gasteiger charge is -2.50. The summed E-state index contributed by atoms with van der Waals surface area (Å²) in [5.41, 5.74) is 7.57. The van der Waals surface area contributed by atoms with E-state index in [1.54, 1.807) is 12.2 Å². The lowest BCUT2D eigenvalue weighted by molar-refractivity contribution is -0.671. The SMILES string of the molecule is CO/N=C(\C(=O)N[C@@H]1C(=O)N2C(C(=O)[O-])=C(/C=C/C3CC(c4cc[n+](C)cc4)=NO3)CS[C@H]12)c1csc(N)n1. The van der Waals surface area contributed by atoms with Crippen LogP contribution in [0.15, 0.2) is 63.6 Å². The van der Waals surface area contributed by atoms with Crippen molar-refractivity contribution in [3.8, 4) is 0 Å². The van der Waals surface area contributed by atoms with Gasteiger partial charge in [0.05, 0.1) is 17.4 Å². The normalized spacial score (nSPS) is 22.8. The number of carboxylic acid groups (broad SMARTS) is 1. The average molecular weight is 570 g/mol. The number of hydrogen-bond donors (Lipinski definition) is 2. The molecule has 3 aliphatic rings. The summed E-state index contributed by atoms with van der Waals surface area (Å²) in [5.74, 6) is -2.50. The first-order valence-electron chi connectivity index (χ1n) is 11.7. The average Bonchev–Trinajstić information content (AvgIpc) is 3.57. The molecule has 15 heteroatoms. The predicted octanol–water partition coefficient (Wildman–Crippen LogP) is -0.946. The van der Waals surface area contributed by atoms with Crippen LogP contribution in [0.1, 0.15) is 17.7 Å². The molecule has 0 aliphatic carbocycles. The number of oxime groups is 2. The second-order valence-electron chi connectivity index (χ2n) is 8.71. The van der Waals surface area contributed by atoms with Crippen molar-refractivity contribution in [3.05, 3.63) is 64.6 Å². The van der Waals surface area contributed by atoms with E-state index in [0.717, 1.165) is 27.5 Å². The number of nitrogens with zero attached hydrogens (tertiary/aromatic N) is 5. The molecule has 2 aromatic heterocycles. The van der Waals surface area contributed by atoms with E-state index >= 15 is 0 Å². The van der Waals surface area contributed by atoms with Crippen molar-refractivity contribution in [3.63, 3.8) is 0 Å². The smallest absolute Gasteiger partial charge is 0.276 e. The molecule has 0 radical (unpaired) electrons. The number of nitrogen functional groups attached to an aromatic ring is 1. The number of aryl methyl sites for hydroxylation is 1. The van der Waals surface area contributed by atoms with E-state index in [-0.39, 0.29) is 34.1 Å². The third-order valence-electron chi connectivity index (χ3n) is 6.16. The summed E-state index contributed by atoms with van der Waals surface area (Å²) in [7, 11) is 3.19. The van der Waals surface area contributed by atoms with Gasteiger partial charge in [-0.2, -0.15) is 0 Å². The Bertz CT molecular complexity index is 1450. The highest BCUT2D eigenvalue weighted by molar-refractivity contribution is 8.00. The fourth-order valence-corrected chi connectivity index (χ4v) is 6.12. The molecule has 5 rings (SSSR count). The van der Waals surface area contributed by atoms with Crippen molar-refractivity contribution in [2.75, 3.05) is 18.6 Å². The van der Waals surface area contributed by atoms with Crippen LogP contribution in [0.5, 0.6) is 0 Å². The van der Waals surface area contributed by atoms with Gasteiger partial charge in [-0.15, -0.1) is 23.1 Å². The van der Waals surface area contributed by atoms with Crippen LogP contribution in [-0.2, 0) is 31.1 Å². The number of amides is 2. The van der Waals surface area contributed by atoms with E-state index in [1.165, 1.54) is 24.3 Å². The lowest BCUT2D eigenvalue weighted by atomic mass is 10.0. The first-order valence-corrected chi connectivity index (χ1v) is 13.6. The van der Waals surface area contributed by atoms with Crippen LogP contribution in [0.4, 0.5) is 5.13 Å². The zero-order chi connectivity index (χ0) is 27.7. The van der Waals surface area contributed by atoms with E-state index in [4.69, 9.17) is 15.4 Å². The number of hydrogen-bond acceptors (Lipinski definition) is 12. The number of carbonyl (C=O) groups is 3. The number of carboxylic acids is 1. The number of aliphatic carboxylic acids is 1. The molecular weight excluding hydrogens is 546 g/mol. The highest BCUT2D eigenvalue weighted by Crippen LogP contribution is 2.40. The largest absolute Gasteiger partial charge is 0.543 e. The number of thioether (sulfide) groups is 1. The molecular formula is C24H23N7O6S2. The van der Waals surface area contributed by atoms with Gasteiger partial charge < -0.3 is 30.6 Å². The van der Waals surface area contributed by atoms with Crippen molar-refractivity contribution >= 4 is 57.4 Å². The minimum Gasteiger partial charge on any atom is -0.543 e. The second kappa shape index (κ2) is 10.9. The van der Waals surface area contributed by atoms with Gasteiger partial charge in [-0.25, -0.2) is 9.55 Å². The third-order valence-corrected chi connectivity index (χ3v) is 8.13. The minimum absolute atomic E-state index is 0.153. The van der Waals surface area contributed by atoms with Crippen LogP contribution >= 0.6 is 23.1 Å². The number of carbonyl (C=O) groups excluding carboxylic acids is 3. The second-order valence-corrected chi connectivity index (χ2v) is 10.7. The number of pyridine rings is 1. The molecule has 1 fully saturated rings. The van der Waals surface area contributed by atoms with Crippen molar-refractivity contribution in [2.24, 2.45) is 17.4 Å². The lowest BCUT2D eigenvalue weighted by Crippen LogP contribution is -2.71. The maximum Gasteiger partial charge on any atom is 0.276 e. The molecule has 13 nitrogen and oxygen atoms in total. The van der Waals surface area contributed by atoms with Crippen LogP contribution in [0.2, 0.25) is 0 Å². The number of β-lactam (4-membered cyclic amide) rings is 1. The first kappa shape index (κ1) is 26.4. The highest BCUT2D eigenvalue weighted by Gasteiger charge is 2.53. The monoisotopic (exact) mass is 569 g/mol. The fourth-order valence-electron chi connectivity index (χ4n) is 4.25. The van der Waals surface area contributed by atoms with Gasteiger partial charge in [0, 0.05) is 35.2 Å². The summed E-state index contributed by atoms with van der Waals surface area (Å²) in [4.78, 5) is 53.4. The zero-order valence-corrected chi connectivity index (χ0v) is 22.4. The molecule has 5 heterocycles. The van der Waals surface area contributed by atoms with E-state index < -0.39 is 29.2 Å². The highest BCUT2D eigenvalue weighted by atomic mass is 32.2. The van der Waals surface area contributed by atoms with E-state index in [0.29, 0.717) is 12.0 Å². The standard InChI is InChI=1S/C24H23N7O6S2/c1-30-7-5-12(6-8-30)15-9-14(37-28-15)4-3-13-10-38-22-18(21(33)31(22)19(13)23(34)35)27-20(32)17(29-36-2)16-11-39-24(25)26-16/h3-8,11,14,18,22H,9-10H2,1-2H3,(H3-,25,26,27,32,34,35)/b4-3+,29-17-/t14?,18-,22-/m1/s1. The van der Waals surface area contributed by atoms with Crippen LogP contribution in [-0.4, -0.2) is 69.5 Å². The Morgan fingerprint density at radius 2 is 2.15 bits per heavy atom. The molecule has 0 bridgehead atoms. The molecule has 0 saturated carbocycles. The Labute approximate surface area is 230 Å². The Balaban J connectivity index is 1.27. The molecule has 1 unspecified atom stereocenters. The van der Waals surface area contributed by atoms with Gasteiger partial charge in [0.15, 0.2) is 29.3 Å². The molecule has 39 heavy (non-hydrogen) atoms. The third kappa shape index (κ3) is 5.22. The fraction of sp³-hybridized carbons (Fsp3) is 0.292. The Hall–Kier alpha value is -4.24. The summed E-state index contributed by atoms with van der Waals surface area (Å²) < 4.78 is 1.91. The number of allylic oxidation sites excluding steroid dienone is 1. The molecule has 3 N–H and O–H groups in total. The van der Waals surface area contributed by atoms with Crippen LogP contribution in [0, 0.1) is 0 Å². The van der Waals surface area contributed by atoms with Crippen LogP contribution in [0.3, 0.4) is 0 Å². The Morgan fingerprint density at radius 1 is 1.38 bits per heavy atom. The van der Waals surface area contributed by atoms with Gasteiger partial charge in [-0.3, -0.25) is 14.5 Å². The molecule has 0 aromatic carbocycles. The first-order chi connectivity index (χ1) is 18.8. The van der Waals surface area contributed by atoms with Gasteiger partial charge in [-0.05, 0) is 11.6 Å². The van der Waals surface area contributed by atoms with Crippen molar-refractivity contribution in [1.29, 1.82) is 0 Å². The number of rotatable bonds is 8. The predicted molar refractivity (Wildman–Crippen MR) is 140 cm³/mol. The van der Waals surface area contributed by atoms with Crippen molar-refractivity contribution in [2.45, 2.75) is 23.9 Å². The molecule has 2 amide bonds. The van der Waals surface area contributed by atoms with Crippen LogP contribution < -0.4 is 20.7 Å². The summed E-state index contributed by atoms with van der Waals surface area (Å²) in [6.07, 6.45) is 7.29. The number of aromatic nitrogens is 2. The molecule has 1 saturated heterocycles. The topological polar surface area (TPSA) is 176 Å². The quantitative estimate of drug-likeness (QED) is 0.176. The summed E-state index contributed by atoms with van der Waals surface area (Å²) in [5, 5.41) is 23.7. The summed E-state index contributed by atoms with van der Waals surface area (Å²) in [6.45, 7) is 0. The van der Waals surface area contributed by atoms with Gasteiger partial charge >= 0.3 is 0 Å². The number of anilines is 1. The number of nitrogens with one attached hydrogen (secondary N) is 1. The van der Waals surface area contributed by atoms with Gasteiger partial charge in [0.1, 0.15) is 31.3 Å². The maximum atomic E-state index is 13.0. The Morgan fingerprint density at radius 3 is 2.82 bits per heavy atom. The van der Waals surface area contributed by atoms with E-state index in [1.807, 2.05) is 36.1 Å². The zero-order valence-electron chi connectivity index (χ0n) is 20.8. The van der Waals surface area contributed by atoms with E-state index in [9.17, 15) is 19.5 Å². The number of nitrogens with two attached hydrogens (primary N) is 1.